The quantitative estimate of drug-likeness (QED) is 0.611. The predicted molar refractivity (Wildman–Crippen MR) is 91.3 cm³/mol. The third-order valence-electron chi connectivity index (χ3n) is 4.74. The van der Waals surface area contributed by atoms with Gasteiger partial charge in [0.05, 0.1) is 34.1 Å². The Labute approximate surface area is 160 Å². The number of nitrogens with one attached hydrogen (secondary N) is 3. The van der Waals surface area contributed by atoms with Gasteiger partial charge in [-0.3, -0.25) is 0 Å². The molecule has 3 heterocycles. The van der Waals surface area contributed by atoms with Crippen molar-refractivity contribution < 1.29 is 27.2 Å². The summed E-state index contributed by atoms with van der Waals surface area (Å²) in [6.07, 6.45) is -2.00. The number of urea groups is 2. The van der Waals surface area contributed by atoms with E-state index in [0.29, 0.717) is 24.3 Å². The molecule has 148 valence electrons. The molecule has 1 fully saturated rings. The van der Waals surface area contributed by atoms with Crippen LogP contribution in [0.5, 0.6) is 0 Å². The van der Waals surface area contributed by atoms with Crippen LogP contribution in [0, 0.1) is 5.82 Å². The Morgan fingerprint density at radius 1 is 1.32 bits per heavy atom. The molecular formula is C16H12ClF4N5O2. The molecule has 3 aliphatic rings. The van der Waals surface area contributed by atoms with Crippen LogP contribution in [0.3, 0.4) is 0 Å². The maximum Gasteiger partial charge on any atom is 0.417 e. The van der Waals surface area contributed by atoms with Crippen molar-refractivity contribution >= 4 is 35.1 Å². The number of fused-ring (bicyclic) bond motifs is 4. The highest BCUT2D eigenvalue weighted by molar-refractivity contribution is 6.31. The van der Waals surface area contributed by atoms with E-state index in [0.717, 1.165) is 6.07 Å². The van der Waals surface area contributed by atoms with Gasteiger partial charge in [-0.25, -0.2) is 19.4 Å². The van der Waals surface area contributed by atoms with Gasteiger partial charge in [-0.1, -0.05) is 11.6 Å². The van der Waals surface area contributed by atoms with E-state index in [1.165, 1.54) is 4.90 Å². The number of rotatable bonds is 1. The number of amides is 4. The largest absolute Gasteiger partial charge is 0.417 e. The Balaban J connectivity index is 1.59. The number of hydrogen-bond acceptors (Lipinski definition) is 3. The minimum atomic E-state index is -4.82. The smallest absolute Gasteiger partial charge is 0.309 e. The van der Waals surface area contributed by atoms with Gasteiger partial charge in [0.2, 0.25) is 0 Å². The highest BCUT2D eigenvalue weighted by atomic mass is 35.5. The number of alkyl halides is 3. The first-order valence-corrected chi connectivity index (χ1v) is 8.55. The van der Waals surface area contributed by atoms with E-state index >= 15 is 0 Å². The van der Waals surface area contributed by atoms with Crippen molar-refractivity contribution in [1.29, 1.82) is 0 Å². The SMILES string of the molecule is O=C1NN=C2C(=CC3CCC2N3C(=O)Nc2cc(Cl)c(C(F)(F)F)cc2F)N1. The van der Waals surface area contributed by atoms with E-state index in [1.54, 1.807) is 6.08 Å². The number of carbonyl (C=O) groups is 2. The number of carbonyl (C=O) groups excluding carboxylic acids is 2. The van der Waals surface area contributed by atoms with Crippen molar-refractivity contribution in [2.24, 2.45) is 5.10 Å². The molecule has 2 bridgehead atoms. The molecule has 0 spiro atoms. The number of benzene rings is 1. The fourth-order valence-corrected chi connectivity index (χ4v) is 3.83. The molecular weight excluding hydrogens is 406 g/mol. The molecule has 0 aliphatic carbocycles. The number of hydrazone groups is 1. The average Bonchev–Trinajstić information content (AvgIpc) is 2.92. The van der Waals surface area contributed by atoms with Crippen molar-refractivity contribution in [2.45, 2.75) is 31.1 Å². The second-order valence-corrected chi connectivity index (χ2v) is 6.86. The predicted octanol–water partition coefficient (Wildman–Crippen LogP) is 3.43. The van der Waals surface area contributed by atoms with Crippen molar-refractivity contribution in [2.75, 3.05) is 5.32 Å². The molecule has 7 nitrogen and oxygen atoms in total. The lowest BCUT2D eigenvalue weighted by Gasteiger charge is -2.36. The summed E-state index contributed by atoms with van der Waals surface area (Å²) in [5.41, 5.74) is 1.43. The minimum Gasteiger partial charge on any atom is -0.309 e. The van der Waals surface area contributed by atoms with Gasteiger partial charge in [0, 0.05) is 0 Å². The highest BCUT2D eigenvalue weighted by Crippen LogP contribution is 2.38. The lowest BCUT2D eigenvalue weighted by molar-refractivity contribution is -0.137. The molecule has 3 aliphatic heterocycles. The van der Waals surface area contributed by atoms with E-state index in [1.807, 2.05) is 0 Å². The van der Waals surface area contributed by atoms with Crippen LogP contribution < -0.4 is 16.1 Å². The van der Waals surface area contributed by atoms with Gasteiger partial charge in [0.15, 0.2) is 0 Å². The molecule has 1 aromatic rings. The van der Waals surface area contributed by atoms with Gasteiger partial charge in [0.25, 0.3) is 0 Å². The van der Waals surface area contributed by atoms with Gasteiger partial charge in [0.1, 0.15) is 11.5 Å². The molecule has 1 saturated heterocycles. The maximum absolute atomic E-state index is 14.1. The highest BCUT2D eigenvalue weighted by Gasteiger charge is 2.45. The number of halogens is 5. The van der Waals surface area contributed by atoms with E-state index in [-0.39, 0.29) is 12.1 Å². The second kappa shape index (κ2) is 6.36. The average molecular weight is 418 g/mol. The molecule has 1 aromatic carbocycles. The zero-order valence-electron chi connectivity index (χ0n) is 13.9. The van der Waals surface area contributed by atoms with Crippen molar-refractivity contribution in [3.8, 4) is 0 Å². The van der Waals surface area contributed by atoms with E-state index in [4.69, 9.17) is 11.6 Å². The van der Waals surface area contributed by atoms with Crippen LogP contribution in [0.15, 0.2) is 29.0 Å². The standard InChI is InChI=1S/C16H12ClF4N5O2/c17-8-5-10(9(18)4-7(8)16(19,20)21)23-15(28)26-6-1-2-12(26)13-11(3-6)22-14(27)25-24-13/h3-6,12H,1-2H2,(H,23,28)(H2,22,25,27). The summed E-state index contributed by atoms with van der Waals surface area (Å²) in [4.78, 5) is 25.5. The lowest BCUT2D eigenvalue weighted by atomic mass is 10.0. The van der Waals surface area contributed by atoms with Gasteiger partial charge >= 0.3 is 18.2 Å². The number of anilines is 1. The summed E-state index contributed by atoms with van der Waals surface area (Å²) in [6.45, 7) is 0. The Morgan fingerprint density at radius 3 is 2.79 bits per heavy atom. The Bertz CT molecular complexity index is 946. The molecule has 2 atom stereocenters. The zero-order chi connectivity index (χ0) is 20.2. The molecule has 4 amide bonds. The Kier molecular flexibility index (Phi) is 4.21. The zero-order valence-corrected chi connectivity index (χ0v) is 14.7. The first-order valence-electron chi connectivity index (χ1n) is 8.17. The maximum atomic E-state index is 14.1. The molecule has 3 N–H and O–H groups in total. The fourth-order valence-electron chi connectivity index (χ4n) is 3.56. The van der Waals surface area contributed by atoms with Crippen LogP contribution in [-0.4, -0.2) is 34.8 Å². The topological polar surface area (TPSA) is 85.8 Å². The van der Waals surface area contributed by atoms with Crippen LogP contribution in [-0.2, 0) is 6.18 Å². The lowest BCUT2D eigenvalue weighted by Crippen LogP contribution is -2.55. The third-order valence-corrected chi connectivity index (χ3v) is 5.06. The number of nitrogens with zero attached hydrogens (tertiary/aromatic N) is 2. The molecule has 0 radical (unpaired) electrons. The molecule has 0 saturated carbocycles. The van der Waals surface area contributed by atoms with Gasteiger partial charge in [-0.05, 0) is 31.1 Å². The van der Waals surface area contributed by atoms with E-state index in [9.17, 15) is 27.2 Å². The molecule has 2 unspecified atom stereocenters. The van der Waals surface area contributed by atoms with Crippen LogP contribution in [0.2, 0.25) is 5.02 Å². The Hall–Kier alpha value is -2.82. The minimum absolute atomic E-state index is 0.242. The molecule has 28 heavy (non-hydrogen) atoms. The summed E-state index contributed by atoms with van der Waals surface area (Å²) in [5.74, 6) is -1.26. The molecule has 4 rings (SSSR count). The van der Waals surface area contributed by atoms with Crippen molar-refractivity contribution in [1.82, 2.24) is 15.6 Å². The fraction of sp³-hybridized carbons (Fsp3) is 0.312. The molecule has 12 heteroatoms. The Morgan fingerprint density at radius 2 is 2.07 bits per heavy atom. The second-order valence-electron chi connectivity index (χ2n) is 6.45. The van der Waals surface area contributed by atoms with Crippen molar-refractivity contribution in [3.63, 3.8) is 0 Å². The summed E-state index contributed by atoms with van der Waals surface area (Å²) in [7, 11) is 0. The van der Waals surface area contributed by atoms with Crippen LogP contribution in [0.25, 0.3) is 0 Å². The normalized spacial score (nSPS) is 23.3. The van der Waals surface area contributed by atoms with Crippen LogP contribution in [0.4, 0.5) is 32.8 Å². The van der Waals surface area contributed by atoms with E-state index in [2.05, 4.69) is 21.2 Å². The van der Waals surface area contributed by atoms with Crippen LogP contribution in [0.1, 0.15) is 18.4 Å². The third kappa shape index (κ3) is 3.05. The first kappa shape index (κ1) is 18.5. The monoisotopic (exact) mass is 417 g/mol. The summed E-state index contributed by atoms with van der Waals surface area (Å²) >= 11 is 5.60. The van der Waals surface area contributed by atoms with Crippen LogP contribution >= 0.6 is 11.6 Å². The summed E-state index contributed by atoms with van der Waals surface area (Å²) in [5, 5.41) is 8.12. The molecule has 0 aromatic heterocycles. The summed E-state index contributed by atoms with van der Waals surface area (Å²) < 4.78 is 52.5. The van der Waals surface area contributed by atoms with Gasteiger partial charge in [-0.15, -0.1) is 0 Å². The van der Waals surface area contributed by atoms with E-state index < -0.39 is 46.4 Å². The van der Waals surface area contributed by atoms with Crippen molar-refractivity contribution in [3.05, 3.63) is 40.3 Å². The number of hydrogen-bond donors (Lipinski definition) is 3. The first-order chi connectivity index (χ1) is 13.1. The summed E-state index contributed by atoms with van der Waals surface area (Å²) in [6, 6.07) is -1.07. The van der Waals surface area contributed by atoms with Gasteiger partial charge < -0.3 is 15.5 Å². The van der Waals surface area contributed by atoms with Gasteiger partial charge in [-0.2, -0.15) is 18.3 Å².